The summed E-state index contributed by atoms with van der Waals surface area (Å²) >= 11 is 5.93. The Morgan fingerprint density at radius 3 is 2.54 bits per heavy atom. The summed E-state index contributed by atoms with van der Waals surface area (Å²) in [7, 11) is 0. The van der Waals surface area contributed by atoms with Crippen molar-refractivity contribution in [3.8, 4) is 17.4 Å². The number of benzene rings is 1. The van der Waals surface area contributed by atoms with Crippen molar-refractivity contribution in [2.75, 3.05) is 26.2 Å². The second-order valence-corrected chi connectivity index (χ2v) is 6.54. The van der Waals surface area contributed by atoms with E-state index in [9.17, 15) is 0 Å². The molecule has 3 rings (SSSR count). The number of hydrogen-bond donors (Lipinski definition) is 0. The van der Waals surface area contributed by atoms with Crippen LogP contribution in [0.1, 0.15) is 31.5 Å². The highest BCUT2D eigenvalue weighted by Gasteiger charge is 2.10. The second kappa shape index (κ2) is 8.40. The fraction of sp³-hybridized carbons (Fsp3) is 0.500. The Balaban J connectivity index is 1.56. The lowest BCUT2D eigenvalue weighted by atomic mass is 10.1. The zero-order valence-electron chi connectivity index (χ0n) is 14.0. The number of hydrogen-bond acceptors (Lipinski definition) is 5. The lowest BCUT2D eigenvalue weighted by molar-refractivity contribution is 0.200. The predicted octanol–water partition coefficient (Wildman–Crippen LogP) is 3.76. The first kappa shape index (κ1) is 17.1. The summed E-state index contributed by atoms with van der Waals surface area (Å²) in [6.07, 6.45) is 4.99. The number of nitrogens with zero attached hydrogens (tertiary/aromatic N) is 4. The average molecular weight is 347 g/mol. The molecule has 0 saturated carbocycles. The van der Waals surface area contributed by atoms with E-state index in [1.54, 1.807) is 0 Å². The Labute approximate surface area is 148 Å². The highest BCUT2D eigenvalue weighted by molar-refractivity contribution is 6.30. The number of halogens is 1. The van der Waals surface area contributed by atoms with Crippen molar-refractivity contribution < 1.29 is 4.74 Å². The van der Waals surface area contributed by atoms with Crippen molar-refractivity contribution >= 4 is 11.6 Å². The maximum Gasteiger partial charge on any atom is 0.320 e. The molecule has 24 heavy (non-hydrogen) atoms. The van der Waals surface area contributed by atoms with Gasteiger partial charge in [-0.2, -0.15) is 9.97 Å². The standard InChI is InChI=1S/C18H23ClN4O/c1-14-20-17(15-6-8-16(19)9-7-15)22-18(21-14)24-13-5-12-23-10-3-2-4-11-23/h6-9H,2-5,10-13H2,1H3. The third-order valence-corrected chi connectivity index (χ3v) is 4.38. The van der Waals surface area contributed by atoms with Crippen molar-refractivity contribution in [1.82, 2.24) is 19.9 Å². The van der Waals surface area contributed by atoms with Gasteiger partial charge in [-0.15, -0.1) is 0 Å². The fourth-order valence-electron chi connectivity index (χ4n) is 2.88. The lowest BCUT2D eigenvalue weighted by Crippen LogP contribution is -2.31. The van der Waals surface area contributed by atoms with Gasteiger partial charge in [0.05, 0.1) is 6.61 Å². The molecule has 1 aliphatic rings. The van der Waals surface area contributed by atoms with Gasteiger partial charge in [-0.05, 0) is 63.5 Å². The van der Waals surface area contributed by atoms with Crippen LogP contribution in [0.15, 0.2) is 24.3 Å². The zero-order valence-corrected chi connectivity index (χ0v) is 14.8. The number of piperidine rings is 1. The Bertz CT molecular complexity index is 657. The molecular weight excluding hydrogens is 324 g/mol. The summed E-state index contributed by atoms with van der Waals surface area (Å²) < 4.78 is 5.75. The molecule has 1 saturated heterocycles. The normalized spacial score (nSPS) is 15.4. The number of aromatic nitrogens is 3. The number of ether oxygens (including phenoxy) is 1. The van der Waals surface area contributed by atoms with Crippen LogP contribution in [0.25, 0.3) is 11.4 Å². The number of aryl methyl sites for hydroxylation is 1. The van der Waals surface area contributed by atoms with Crippen LogP contribution in [0.2, 0.25) is 5.02 Å². The highest BCUT2D eigenvalue weighted by Crippen LogP contribution is 2.19. The summed E-state index contributed by atoms with van der Waals surface area (Å²) in [4.78, 5) is 15.6. The monoisotopic (exact) mass is 346 g/mol. The van der Waals surface area contributed by atoms with Crippen LogP contribution in [0, 0.1) is 6.92 Å². The molecule has 2 aromatic rings. The van der Waals surface area contributed by atoms with Crippen LogP contribution in [0.4, 0.5) is 0 Å². The number of rotatable bonds is 6. The first-order valence-corrected chi connectivity index (χ1v) is 8.92. The Morgan fingerprint density at radius 1 is 1.04 bits per heavy atom. The molecule has 128 valence electrons. The lowest BCUT2D eigenvalue weighted by Gasteiger charge is -2.26. The van der Waals surface area contributed by atoms with Crippen molar-refractivity contribution in [2.45, 2.75) is 32.6 Å². The zero-order chi connectivity index (χ0) is 16.8. The first-order valence-electron chi connectivity index (χ1n) is 8.54. The van der Waals surface area contributed by atoms with Crippen molar-refractivity contribution in [3.63, 3.8) is 0 Å². The van der Waals surface area contributed by atoms with Crippen LogP contribution < -0.4 is 4.74 Å². The quantitative estimate of drug-likeness (QED) is 0.745. The van der Waals surface area contributed by atoms with E-state index in [4.69, 9.17) is 16.3 Å². The fourth-order valence-corrected chi connectivity index (χ4v) is 3.01. The van der Waals surface area contributed by atoms with Gasteiger partial charge in [0.25, 0.3) is 0 Å². The van der Waals surface area contributed by atoms with Crippen LogP contribution in [0.3, 0.4) is 0 Å². The van der Waals surface area contributed by atoms with Gasteiger partial charge in [0.15, 0.2) is 5.82 Å². The van der Waals surface area contributed by atoms with Gasteiger partial charge in [0, 0.05) is 17.1 Å². The van der Waals surface area contributed by atoms with Gasteiger partial charge < -0.3 is 9.64 Å². The van der Waals surface area contributed by atoms with Gasteiger partial charge in [-0.25, -0.2) is 4.98 Å². The topological polar surface area (TPSA) is 51.1 Å². The van der Waals surface area contributed by atoms with E-state index in [-0.39, 0.29) is 0 Å². The van der Waals surface area contributed by atoms with Crippen molar-refractivity contribution in [2.24, 2.45) is 0 Å². The molecule has 0 aliphatic carbocycles. The molecule has 5 nitrogen and oxygen atoms in total. The molecule has 0 N–H and O–H groups in total. The average Bonchev–Trinajstić information content (AvgIpc) is 2.60. The summed E-state index contributed by atoms with van der Waals surface area (Å²) in [5.74, 6) is 1.27. The first-order chi connectivity index (χ1) is 11.7. The van der Waals surface area contributed by atoms with Gasteiger partial charge in [0.2, 0.25) is 0 Å². The molecular formula is C18H23ClN4O. The van der Waals surface area contributed by atoms with Crippen molar-refractivity contribution in [1.29, 1.82) is 0 Å². The minimum absolute atomic E-state index is 0.395. The van der Waals surface area contributed by atoms with E-state index in [1.165, 1.54) is 32.4 Å². The molecule has 6 heteroatoms. The largest absolute Gasteiger partial charge is 0.463 e. The summed E-state index contributed by atoms with van der Waals surface area (Å²) in [6.45, 7) is 5.98. The highest BCUT2D eigenvalue weighted by atomic mass is 35.5. The summed E-state index contributed by atoms with van der Waals surface area (Å²) in [5, 5.41) is 0.693. The molecule has 0 unspecified atom stereocenters. The van der Waals surface area contributed by atoms with E-state index >= 15 is 0 Å². The maximum atomic E-state index is 5.93. The van der Waals surface area contributed by atoms with Gasteiger partial charge in [-0.3, -0.25) is 0 Å². The van der Waals surface area contributed by atoms with Gasteiger partial charge in [0.1, 0.15) is 5.82 Å². The molecule has 1 fully saturated rings. The van der Waals surface area contributed by atoms with E-state index in [1.807, 2.05) is 31.2 Å². The van der Waals surface area contributed by atoms with Crippen molar-refractivity contribution in [3.05, 3.63) is 35.1 Å². The third-order valence-electron chi connectivity index (χ3n) is 4.13. The summed E-state index contributed by atoms with van der Waals surface area (Å²) in [6, 6.07) is 7.85. The second-order valence-electron chi connectivity index (χ2n) is 6.10. The Kier molecular flexibility index (Phi) is 5.99. The van der Waals surface area contributed by atoms with Crippen LogP contribution in [0.5, 0.6) is 6.01 Å². The SMILES string of the molecule is Cc1nc(OCCCN2CCCCC2)nc(-c2ccc(Cl)cc2)n1. The third kappa shape index (κ3) is 4.89. The molecule has 2 heterocycles. The number of likely N-dealkylation sites (tertiary alicyclic amines) is 1. The molecule has 1 aromatic carbocycles. The van der Waals surface area contributed by atoms with Gasteiger partial charge >= 0.3 is 6.01 Å². The van der Waals surface area contributed by atoms with E-state index in [2.05, 4.69) is 19.9 Å². The van der Waals surface area contributed by atoms with Gasteiger partial charge in [-0.1, -0.05) is 18.0 Å². The van der Waals surface area contributed by atoms with E-state index in [0.29, 0.717) is 29.3 Å². The minimum atomic E-state index is 0.395. The predicted molar refractivity (Wildman–Crippen MR) is 95.4 cm³/mol. The molecule has 0 spiro atoms. The smallest absolute Gasteiger partial charge is 0.320 e. The molecule has 0 amide bonds. The molecule has 0 bridgehead atoms. The summed E-state index contributed by atoms with van der Waals surface area (Å²) in [5.41, 5.74) is 0.906. The van der Waals surface area contributed by atoms with E-state index in [0.717, 1.165) is 18.5 Å². The molecule has 1 aliphatic heterocycles. The molecule has 1 aromatic heterocycles. The van der Waals surface area contributed by atoms with Crippen LogP contribution >= 0.6 is 11.6 Å². The Morgan fingerprint density at radius 2 is 1.79 bits per heavy atom. The van der Waals surface area contributed by atoms with Crippen LogP contribution in [-0.4, -0.2) is 46.1 Å². The maximum absolute atomic E-state index is 5.93. The van der Waals surface area contributed by atoms with Crippen LogP contribution in [-0.2, 0) is 0 Å². The minimum Gasteiger partial charge on any atom is -0.463 e. The molecule has 0 atom stereocenters. The molecule has 0 radical (unpaired) electrons. The van der Waals surface area contributed by atoms with E-state index < -0.39 is 0 Å². The Hall–Kier alpha value is -1.72.